The maximum Gasteiger partial charge on any atom is 0.336 e. The second-order valence-corrected chi connectivity index (χ2v) is 5.70. The minimum Gasteiger partial charge on any atom is -0.478 e. The van der Waals surface area contributed by atoms with Crippen LogP contribution in [0, 0.1) is 0 Å². The van der Waals surface area contributed by atoms with Crippen LogP contribution in [-0.4, -0.2) is 17.6 Å². The van der Waals surface area contributed by atoms with Crippen LogP contribution >= 0.6 is 11.6 Å². The number of nitrogens with zero attached hydrogens (tertiary/aromatic N) is 1. The Morgan fingerprint density at radius 1 is 1.24 bits per heavy atom. The Morgan fingerprint density at radius 2 is 2.05 bits per heavy atom. The SMILES string of the molecule is O=C(O)c1cc(Cl)ccc1CN1CCCc2ccccc21. The fourth-order valence-electron chi connectivity index (χ4n) is 2.87. The van der Waals surface area contributed by atoms with E-state index in [0.717, 1.165) is 24.9 Å². The first kappa shape index (κ1) is 14.0. The maximum absolute atomic E-state index is 11.4. The molecule has 4 heteroatoms. The number of carboxylic acids is 1. The Kier molecular flexibility index (Phi) is 3.84. The van der Waals surface area contributed by atoms with Gasteiger partial charge in [0.15, 0.2) is 0 Å². The number of hydrogen-bond acceptors (Lipinski definition) is 2. The first-order chi connectivity index (χ1) is 10.1. The van der Waals surface area contributed by atoms with Crippen molar-refractivity contribution in [2.45, 2.75) is 19.4 Å². The minimum absolute atomic E-state index is 0.283. The average Bonchev–Trinajstić information content (AvgIpc) is 2.49. The number of benzene rings is 2. The normalized spacial score (nSPS) is 13.9. The number of carbonyl (C=O) groups is 1. The van der Waals surface area contributed by atoms with E-state index in [2.05, 4.69) is 17.0 Å². The van der Waals surface area contributed by atoms with Crippen molar-refractivity contribution in [1.82, 2.24) is 0 Å². The van der Waals surface area contributed by atoms with E-state index < -0.39 is 5.97 Å². The second-order valence-electron chi connectivity index (χ2n) is 5.26. The van der Waals surface area contributed by atoms with Gasteiger partial charge in [-0.15, -0.1) is 0 Å². The van der Waals surface area contributed by atoms with Crippen molar-refractivity contribution >= 4 is 23.3 Å². The van der Waals surface area contributed by atoms with E-state index in [0.29, 0.717) is 11.6 Å². The molecule has 0 aromatic heterocycles. The lowest BCUT2D eigenvalue weighted by molar-refractivity contribution is 0.0695. The van der Waals surface area contributed by atoms with Crippen molar-refractivity contribution < 1.29 is 9.90 Å². The molecule has 3 rings (SSSR count). The van der Waals surface area contributed by atoms with Crippen LogP contribution in [0.2, 0.25) is 5.02 Å². The summed E-state index contributed by atoms with van der Waals surface area (Å²) in [6.07, 6.45) is 2.17. The fraction of sp³-hybridized carbons (Fsp3) is 0.235. The smallest absolute Gasteiger partial charge is 0.336 e. The summed E-state index contributed by atoms with van der Waals surface area (Å²) in [5.41, 5.74) is 3.61. The van der Waals surface area contributed by atoms with Gasteiger partial charge in [0.2, 0.25) is 0 Å². The predicted octanol–water partition coefficient (Wildman–Crippen LogP) is 3.99. The average molecular weight is 302 g/mol. The Hall–Kier alpha value is -2.00. The Morgan fingerprint density at radius 3 is 2.86 bits per heavy atom. The van der Waals surface area contributed by atoms with E-state index in [9.17, 15) is 9.90 Å². The summed E-state index contributed by atoms with van der Waals surface area (Å²) in [4.78, 5) is 13.6. The lowest BCUT2D eigenvalue weighted by Gasteiger charge is -2.31. The zero-order valence-corrected chi connectivity index (χ0v) is 12.3. The van der Waals surface area contributed by atoms with Crippen LogP contribution in [0.15, 0.2) is 42.5 Å². The first-order valence-corrected chi connectivity index (χ1v) is 7.37. The van der Waals surface area contributed by atoms with Crippen molar-refractivity contribution in [3.8, 4) is 0 Å². The van der Waals surface area contributed by atoms with Crippen LogP contribution in [-0.2, 0) is 13.0 Å². The molecule has 3 nitrogen and oxygen atoms in total. The number of carboxylic acid groups (broad SMARTS) is 1. The predicted molar refractivity (Wildman–Crippen MR) is 84.2 cm³/mol. The van der Waals surface area contributed by atoms with E-state index in [1.54, 1.807) is 6.07 Å². The van der Waals surface area contributed by atoms with Gasteiger partial charge in [-0.1, -0.05) is 35.9 Å². The second kappa shape index (κ2) is 5.78. The lowest BCUT2D eigenvalue weighted by Crippen LogP contribution is -2.29. The van der Waals surface area contributed by atoms with Gasteiger partial charge in [-0.25, -0.2) is 4.79 Å². The van der Waals surface area contributed by atoms with E-state index in [4.69, 9.17) is 11.6 Å². The summed E-state index contributed by atoms with van der Waals surface area (Å²) in [6, 6.07) is 13.4. The third-order valence-corrected chi connectivity index (χ3v) is 4.11. The minimum atomic E-state index is -0.933. The van der Waals surface area contributed by atoms with Gasteiger partial charge in [0, 0.05) is 23.8 Å². The molecule has 0 bridgehead atoms. The molecular formula is C17H16ClNO2. The molecule has 1 N–H and O–H groups in total. The molecule has 1 aliphatic rings. The Balaban J connectivity index is 1.93. The lowest BCUT2D eigenvalue weighted by atomic mass is 10.00. The van der Waals surface area contributed by atoms with Gasteiger partial charge >= 0.3 is 5.97 Å². The quantitative estimate of drug-likeness (QED) is 0.932. The van der Waals surface area contributed by atoms with Crippen LogP contribution in [0.25, 0.3) is 0 Å². The number of para-hydroxylation sites is 1. The molecule has 0 fully saturated rings. The van der Waals surface area contributed by atoms with Crippen molar-refractivity contribution in [2.24, 2.45) is 0 Å². The highest BCUT2D eigenvalue weighted by molar-refractivity contribution is 6.30. The van der Waals surface area contributed by atoms with Crippen molar-refractivity contribution in [3.05, 3.63) is 64.2 Å². The first-order valence-electron chi connectivity index (χ1n) is 7.00. The van der Waals surface area contributed by atoms with Gasteiger partial charge in [-0.05, 0) is 42.2 Å². The van der Waals surface area contributed by atoms with Crippen LogP contribution in [0.1, 0.15) is 27.9 Å². The summed E-state index contributed by atoms with van der Waals surface area (Å²) < 4.78 is 0. The van der Waals surface area contributed by atoms with Gasteiger partial charge < -0.3 is 10.0 Å². The number of aromatic carboxylic acids is 1. The number of anilines is 1. The van der Waals surface area contributed by atoms with E-state index in [1.807, 2.05) is 18.2 Å². The highest BCUT2D eigenvalue weighted by atomic mass is 35.5. The van der Waals surface area contributed by atoms with Crippen LogP contribution in [0.5, 0.6) is 0 Å². The molecule has 0 amide bonds. The molecule has 1 heterocycles. The fourth-order valence-corrected chi connectivity index (χ4v) is 3.04. The molecule has 21 heavy (non-hydrogen) atoms. The van der Waals surface area contributed by atoms with Gasteiger partial charge in [-0.2, -0.15) is 0 Å². The van der Waals surface area contributed by atoms with Gasteiger partial charge in [-0.3, -0.25) is 0 Å². The molecule has 0 spiro atoms. The number of rotatable bonds is 3. The summed E-state index contributed by atoms with van der Waals surface area (Å²) in [6.45, 7) is 1.54. The van der Waals surface area contributed by atoms with Crippen molar-refractivity contribution in [2.75, 3.05) is 11.4 Å². The van der Waals surface area contributed by atoms with Crippen molar-refractivity contribution in [1.29, 1.82) is 0 Å². The van der Waals surface area contributed by atoms with Crippen LogP contribution in [0.4, 0.5) is 5.69 Å². The Labute approximate surface area is 128 Å². The number of fused-ring (bicyclic) bond motifs is 1. The third kappa shape index (κ3) is 2.88. The molecule has 1 aliphatic heterocycles. The molecule has 0 saturated heterocycles. The van der Waals surface area contributed by atoms with Crippen LogP contribution in [0.3, 0.4) is 0 Å². The molecule has 0 radical (unpaired) electrons. The maximum atomic E-state index is 11.4. The molecule has 0 saturated carbocycles. The topological polar surface area (TPSA) is 40.5 Å². The number of hydrogen-bond donors (Lipinski definition) is 1. The Bertz CT molecular complexity index is 684. The number of aryl methyl sites for hydroxylation is 1. The van der Waals surface area contributed by atoms with E-state index in [-0.39, 0.29) is 5.56 Å². The summed E-state index contributed by atoms with van der Waals surface area (Å²) in [5, 5.41) is 9.79. The molecule has 2 aromatic carbocycles. The highest BCUT2D eigenvalue weighted by Crippen LogP contribution is 2.29. The third-order valence-electron chi connectivity index (χ3n) is 3.87. The molecule has 0 atom stereocenters. The largest absolute Gasteiger partial charge is 0.478 e. The van der Waals surface area contributed by atoms with Gasteiger partial charge in [0.1, 0.15) is 0 Å². The van der Waals surface area contributed by atoms with E-state index >= 15 is 0 Å². The standard InChI is InChI=1S/C17H16ClNO2/c18-14-8-7-13(15(10-14)17(20)21)11-19-9-3-5-12-4-1-2-6-16(12)19/h1-2,4,6-8,10H,3,5,9,11H2,(H,20,21). The van der Waals surface area contributed by atoms with Gasteiger partial charge in [0.05, 0.1) is 5.56 Å². The highest BCUT2D eigenvalue weighted by Gasteiger charge is 2.19. The molecular weight excluding hydrogens is 286 g/mol. The van der Waals surface area contributed by atoms with Gasteiger partial charge in [0.25, 0.3) is 0 Å². The number of halogens is 1. The zero-order valence-electron chi connectivity index (χ0n) is 11.6. The van der Waals surface area contributed by atoms with Crippen LogP contribution < -0.4 is 4.90 Å². The monoisotopic (exact) mass is 301 g/mol. The summed E-state index contributed by atoms with van der Waals surface area (Å²) >= 11 is 5.91. The van der Waals surface area contributed by atoms with E-state index in [1.165, 1.54) is 17.3 Å². The molecule has 2 aromatic rings. The zero-order chi connectivity index (χ0) is 14.8. The summed E-state index contributed by atoms with van der Waals surface area (Å²) in [5.74, 6) is -0.933. The summed E-state index contributed by atoms with van der Waals surface area (Å²) in [7, 11) is 0. The molecule has 0 unspecified atom stereocenters. The van der Waals surface area contributed by atoms with Crippen molar-refractivity contribution in [3.63, 3.8) is 0 Å². The molecule has 0 aliphatic carbocycles. The molecule has 108 valence electrons.